The first-order valence-electron chi connectivity index (χ1n) is 31.9. The first-order chi connectivity index (χ1) is 36.0. The monoisotopic (exact) mass is 1060 g/mol. The maximum Gasteiger partial charge on any atom is 0.330 e. The number of carbonyl (C=O) groups is 4. The van der Waals surface area contributed by atoms with Crippen molar-refractivity contribution in [3.05, 3.63) is 24.3 Å². The van der Waals surface area contributed by atoms with Crippen molar-refractivity contribution < 1.29 is 23.9 Å². The molecular formula is C68H110N4O5. The van der Waals surface area contributed by atoms with Crippen molar-refractivity contribution in [1.82, 2.24) is 21.3 Å². The number of allylic oxidation sites excluding steroid dienone is 2. The molecule has 4 N–H and O–H groups in total. The summed E-state index contributed by atoms with van der Waals surface area (Å²) in [6, 6.07) is -1.89. The Labute approximate surface area is 468 Å². The van der Waals surface area contributed by atoms with E-state index in [1.165, 1.54) is 102 Å². The van der Waals surface area contributed by atoms with Crippen LogP contribution in [-0.4, -0.2) is 63.0 Å². The van der Waals surface area contributed by atoms with E-state index in [1.807, 2.05) is 0 Å². The fourth-order valence-electron chi connectivity index (χ4n) is 24.9. The molecule has 3 amide bonds. The number of amides is 3. The smallest absolute Gasteiger partial charge is 0.330 e. The predicted molar refractivity (Wildman–Crippen MR) is 310 cm³/mol. The van der Waals surface area contributed by atoms with Gasteiger partial charge in [-0.05, 0) is 252 Å². The van der Waals surface area contributed by atoms with Crippen LogP contribution in [-0.2, 0) is 23.9 Å². The molecule has 0 heterocycles. The second-order valence-corrected chi connectivity index (χ2v) is 32.2. The lowest BCUT2D eigenvalue weighted by atomic mass is 9.32. The number of ether oxygens (including phenoxy) is 1. The van der Waals surface area contributed by atoms with E-state index in [9.17, 15) is 9.59 Å². The molecule has 0 spiro atoms. The first-order valence-corrected chi connectivity index (χ1v) is 31.9. The van der Waals surface area contributed by atoms with Crippen molar-refractivity contribution >= 4 is 23.7 Å². The molecule has 10 aliphatic carbocycles. The number of carbonyl (C=O) groups excluding carboxylic acids is 4. The fraction of sp³-hybridized carbons (Fsp3) is 0.882. The molecule has 20 unspecified atom stereocenters. The molecule has 20 atom stereocenters. The SMILES string of the molecule is C=C(C)C1CCC2(C(=O)NCC(NC)C(=O)NC(CNC(=O)C34CCC(C(=C)C)C3C3CCC5C6(C)CCCC(C)(C)C6CCC5(C)C3(C)CC4)C(=O)OC)CCC3(C)C(CCC4C5(C)CCCC(C)(C)C5CCC43C)C12. The van der Waals surface area contributed by atoms with Crippen molar-refractivity contribution in [2.24, 2.45) is 113 Å². The molecule has 0 radical (unpaired) electrons. The summed E-state index contributed by atoms with van der Waals surface area (Å²) in [6.07, 6.45) is 25.3. The van der Waals surface area contributed by atoms with Gasteiger partial charge in [0, 0.05) is 13.1 Å². The van der Waals surface area contributed by atoms with Gasteiger partial charge in [0.1, 0.15) is 12.1 Å². The highest BCUT2D eigenvalue weighted by Gasteiger charge is 2.74. The van der Waals surface area contributed by atoms with E-state index >= 15 is 9.59 Å². The molecule has 9 heteroatoms. The second kappa shape index (κ2) is 19.5. The lowest BCUT2D eigenvalue weighted by Gasteiger charge is -2.72. The summed E-state index contributed by atoms with van der Waals surface area (Å²) in [6.45, 7) is 39.7. The molecule has 0 saturated heterocycles. The quantitative estimate of drug-likeness (QED) is 0.114. The molecule has 77 heavy (non-hydrogen) atoms. The van der Waals surface area contributed by atoms with Gasteiger partial charge in [-0.2, -0.15) is 0 Å². The summed E-state index contributed by atoms with van der Waals surface area (Å²) in [7, 11) is 3.07. The third kappa shape index (κ3) is 8.20. The first kappa shape index (κ1) is 57.6. The zero-order valence-corrected chi connectivity index (χ0v) is 51.4. The second-order valence-electron chi connectivity index (χ2n) is 32.2. The normalized spacial score (nSPS) is 47.7. The highest BCUT2D eigenvalue weighted by atomic mass is 16.5. The minimum Gasteiger partial charge on any atom is -0.467 e. The lowest BCUT2D eigenvalue weighted by molar-refractivity contribution is -0.235. The van der Waals surface area contributed by atoms with Gasteiger partial charge in [0.05, 0.1) is 17.9 Å². The van der Waals surface area contributed by atoms with Crippen molar-refractivity contribution in [1.29, 1.82) is 0 Å². The maximum atomic E-state index is 15.2. The summed E-state index contributed by atoms with van der Waals surface area (Å²) < 4.78 is 5.31. The minimum atomic E-state index is -1.09. The molecule has 10 fully saturated rings. The Bertz CT molecular complexity index is 2380. The Hall–Kier alpha value is -2.68. The number of esters is 1. The van der Waals surface area contributed by atoms with Crippen LogP contribution >= 0.6 is 0 Å². The zero-order valence-electron chi connectivity index (χ0n) is 51.4. The van der Waals surface area contributed by atoms with E-state index in [1.54, 1.807) is 7.05 Å². The molecule has 10 aliphatic rings. The summed E-state index contributed by atoms with van der Waals surface area (Å²) in [5.41, 5.74) is 3.44. The largest absolute Gasteiger partial charge is 0.467 e. The van der Waals surface area contributed by atoms with E-state index in [4.69, 9.17) is 4.74 Å². The molecule has 9 nitrogen and oxygen atoms in total. The van der Waals surface area contributed by atoms with Crippen molar-refractivity contribution in [2.45, 2.75) is 236 Å². The van der Waals surface area contributed by atoms with Crippen LogP contribution in [0, 0.1) is 113 Å². The Balaban J connectivity index is 0.820. The minimum absolute atomic E-state index is 0.00942. The number of rotatable bonds is 12. The van der Waals surface area contributed by atoms with Crippen molar-refractivity contribution in [2.75, 3.05) is 27.2 Å². The molecule has 432 valence electrons. The third-order valence-electron chi connectivity index (χ3n) is 28.9. The number of likely N-dealkylation sites (N-methyl/N-ethyl adjacent to an activating group) is 1. The molecule has 0 bridgehead atoms. The molecule has 0 aromatic heterocycles. The molecule has 10 rings (SSSR count). The van der Waals surface area contributed by atoms with Crippen LogP contribution in [0.5, 0.6) is 0 Å². The summed E-state index contributed by atoms with van der Waals surface area (Å²) in [5.74, 6) is 3.79. The van der Waals surface area contributed by atoms with E-state index in [2.05, 4.69) is 118 Å². The number of fused-ring (bicyclic) bond motifs is 14. The highest BCUT2D eigenvalue weighted by molar-refractivity contribution is 5.90. The van der Waals surface area contributed by atoms with Crippen molar-refractivity contribution in [3.63, 3.8) is 0 Å². The number of nitrogens with one attached hydrogen (secondary N) is 4. The van der Waals surface area contributed by atoms with Crippen LogP contribution < -0.4 is 21.3 Å². The number of hydrogen-bond donors (Lipinski definition) is 4. The third-order valence-corrected chi connectivity index (χ3v) is 28.9. The number of methoxy groups -OCH3 is 1. The van der Waals surface area contributed by atoms with Crippen LogP contribution in [0.2, 0.25) is 0 Å². The summed E-state index contributed by atoms with van der Waals surface area (Å²) >= 11 is 0. The Kier molecular flexibility index (Phi) is 14.6. The Morgan fingerprint density at radius 2 is 0.909 bits per heavy atom. The van der Waals surface area contributed by atoms with Gasteiger partial charge in [-0.15, -0.1) is 0 Å². The average molecular weight is 1060 g/mol. The van der Waals surface area contributed by atoms with Gasteiger partial charge in [0.2, 0.25) is 17.7 Å². The van der Waals surface area contributed by atoms with Crippen LogP contribution in [0.25, 0.3) is 0 Å². The van der Waals surface area contributed by atoms with Gasteiger partial charge < -0.3 is 26.0 Å². The average Bonchev–Trinajstić information content (AvgIpc) is 4.02. The predicted octanol–water partition coefficient (Wildman–Crippen LogP) is 13.6. The van der Waals surface area contributed by atoms with Gasteiger partial charge in [0.25, 0.3) is 0 Å². The van der Waals surface area contributed by atoms with E-state index < -0.39 is 34.8 Å². The summed E-state index contributed by atoms with van der Waals surface area (Å²) in [4.78, 5) is 58.4. The molecule has 0 aliphatic heterocycles. The molecule has 0 aromatic rings. The maximum absolute atomic E-state index is 15.2. The van der Waals surface area contributed by atoms with Crippen molar-refractivity contribution in [3.8, 4) is 0 Å². The zero-order chi connectivity index (χ0) is 55.9. The van der Waals surface area contributed by atoms with Crippen LogP contribution in [0.3, 0.4) is 0 Å². The van der Waals surface area contributed by atoms with Crippen LogP contribution in [0.15, 0.2) is 24.3 Å². The van der Waals surface area contributed by atoms with Gasteiger partial charge in [-0.3, -0.25) is 14.4 Å². The molecule has 10 saturated carbocycles. The lowest BCUT2D eigenvalue weighted by Crippen LogP contribution is -2.66. The van der Waals surface area contributed by atoms with Crippen LogP contribution in [0.4, 0.5) is 0 Å². The Morgan fingerprint density at radius 3 is 1.30 bits per heavy atom. The van der Waals surface area contributed by atoms with Gasteiger partial charge in [-0.1, -0.05) is 106 Å². The van der Waals surface area contributed by atoms with E-state index in [0.29, 0.717) is 51.2 Å². The molecular weight excluding hydrogens is 953 g/mol. The topological polar surface area (TPSA) is 126 Å². The van der Waals surface area contributed by atoms with Crippen LogP contribution in [0.1, 0.15) is 224 Å². The van der Waals surface area contributed by atoms with Gasteiger partial charge >= 0.3 is 5.97 Å². The number of hydrogen-bond acceptors (Lipinski definition) is 6. The molecule has 0 aromatic carbocycles. The highest BCUT2D eigenvalue weighted by Crippen LogP contribution is 2.80. The van der Waals surface area contributed by atoms with E-state index in [0.717, 1.165) is 69.6 Å². The standard InChI is InChI=1S/C68H110N4O5/c1-41(2)43-23-33-67(37-35-63(11)45(53(43)67)19-21-51-61(9)29-17-27-59(5,6)49(61)25-31-65(51,63)13)57(75)70-39-47(69-15)55(73)72-48(56(74)77-16)40-71-58(76)68-34-24-44(42(3)4)54(68)46-20-22-52-62(10)30-18-28-60(7,8)50(62)26-32-66(52,14)64(46,12)36-38-68/h43-54,69H,1,3,17-40H2,2,4-16H3,(H,70,75)(H,71,76)(H,72,73). The summed E-state index contributed by atoms with van der Waals surface area (Å²) in [5, 5.41) is 12.8. The Morgan fingerprint density at radius 1 is 0.494 bits per heavy atom. The fourth-order valence-corrected chi connectivity index (χ4v) is 24.9. The van der Waals surface area contributed by atoms with Gasteiger partial charge in [-0.25, -0.2) is 4.79 Å². The van der Waals surface area contributed by atoms with E-state index in [-0.39, 0.29) is 64.3 Å². The van der Waals surface area contributed by atoms with Gasteiger partial charge in [0.15, 0.2) is 0 Å².